The summed E-state index contributed by atoms with van der Waals surface area (Å²) < 4.78 is 17.8. The third-order valence-electron chi connectivity index (χ3n) is 17.8. The monoisotopic (exact) mass is 1650 g/mol. The number of phenols is 3. The zero-order valence-corrected chi connectivity index (χ0v) is 71.7. The van der Waals surface area contributed by atoms with Gasteiger partial charge in [0.1, 0.15) is 73.1 Å². The van der Waals surface area contributed by atoms with Crippen LogP contribution in [0.25, 0.3) is 0 Å². The first kappa shape index (κ1) is 98.5. The fraction of sp³-hybridized carbons (Fsp3) is 0.588. The molecule has 5 aromatic rings. The average Bonchev–Trinajstić information content (AvgIpc) is 1.56. The Hall–Kier alpha value is -7.48. The first-order valence-corrected chi connectivity index (χ1v) is 51.7. The summed E-state index contributed by atoms with van der Waals surface area (Å²) in [6.07, 6.45) is 24.1. The first-order valence-electron chi connectivity index (χ1n) is 37.3. The van der Waals surface area contributed by atoms with Crippen molar-refractivity contribution in [2.45, 2.75) is 294 Å². The molecule has 2 fully saturated rings. The van der Waals surface area contributed by atoms with Crippen molar-refractivity contribution in [1.82, 2.24) is 24.0 Å². The Kier molecular flexibility index (Phi) is 44.0. The molecule has 6 unspecified atom stereocenters. The largest absolute Gasteiger partial charge is 0.508 e. The molecule has 28 heteroatoms. The van der Waals surface area contributed by atoms with Gasteiger partial charge in [-0.3, -0.25) is 63.9 Å². The number of nitro groups is 3. The van der Waals surface area contributed by atoms with E-state index in [1.165, 1.54) is 103 Å². The van der Waals surface area contributed by atoms with E-state index in [0.29, 0.717) is 23.0 Å². The molecule has 2 aliphatic rings. The molecule has 2 aromatic heterocycles. The topological polar surface area (TPSA) is 322 Å². The zero-order valence-electron chi connectivity index (χ0n) is 65.7. The summed E-state index contributed by atoms with van der Waals surface area (Å²) in [5, 5.41) is 64.1. The summed E-state index contributed by atoms with van der Waals surface area (Å²) in [6.45, 7) is 37.2. The molecule has 3 aromatic carbocycles. The number of hydrogen-bond donors (Lipinski definition) is 5. The van der Waals surface area contributed by atoms with Crippen LogP contribution in [0.15, 0.2) is 86.2 Å². The molecule has 7 rings (SSSR count). The van der Waals surface area contributed by atoms with Crippen molar-refractivity contribution < 1.29 is 58.7 Å². The standard InChI is InChI=1S/C22H46Si2.C21H18N4O9.2C16H24N2O3Si.C3H5.2CH4.Mo/c1-7-9-11-13-15-17-19-23(3,4)21-22-24(5,6)20-18-16-14-12-10-8-2;26-19-4-1-16(23(29)30)7-13(19)10-22(11-14-8-17(24(31)32)2-5-20(14)27)12-15-9-18(25(33)34)3-6-21(15)28;2*1-6-13-11(2)9-14(21-13)18-10-12(7-8-22(3,4)5)15(19)17-16(18)20;1-3-2;;;/h7-20H2,1-6H3;1-9,26-28H,10-12H2;2*10-11,13-14H,6,9H2,1-5H3,(H,17,19,20);3H2,1H3;2*1H4;/q;;;;;;;+1/i;;7+1,8+1;7+1;;;;. The molecule has 2 aliphatic heterocycles. The van der Waals surface area contributed by atoms with E-state index in [1.54, 1.807) is 12.4 Å². The number of non-ortho nitro benzene ring substituents is 3. The number of aromatic hydroxyl groups is 3. The number of ether oxygens (including phenoxy) is 2. The van der Waals surface area contributed by atoms with Crippen LogP contribution >= 0.6 is 0 Å². The van der Waals surface area contributed by atoms with Gasteiger partial charge in [-0.25, -0.2) is 9.59 Å². The number of hydrogen-bond acceptors (Lipinski definition) is 16. The summed E-state index contributed by atoms with van der Waals surface area (Å²) in [5.74, 6) is 5.87. The molecule has 6 atom stereocenters. The maximum absolute atomic E-state index is 12.1. The Balaban J connectivity index is 0.000000715. The van der Waals surface area contributed by atoms with Crippen LogP contribution in [0.3, 0.4) is 0 Å². The molecule has 0 saturated carbocycles. The van der Waals surface area contributed by atoms with Gasteiger partial charge in [-0.2, -0.15) is 0 Å². The molecular formula is C80H125MoN8O15Si4+. The Bertz CT molecular complexity index is 3890. The summed E-state index contributed by atoms with van der Waals surface area (Å²) in [7, 11) is -5.72. The second-order valence-corrected chi connectivity index (χ2v) is 50.1. The maximum Gasteiger partial charge on any atom is 0.270 e. The van der Waals surface area contributed by atoms with Gasteiger partial charge in [0, 0.05) is 85.1 Å². The average molecular weight is 1650 g/mol. The van der Waals surface area contributed by atoms with Gasteiger partial charge in [0.2, 0.25) is 0 Å². The predicted molar refractivity (Wildman–Crippen MR) is 443 cm³/mol. The smallest absolute Gasteiger partial charge is 0.270 e. The molecule has 0 aliphatic carbocycles. The van der Waals surface area contributed by atoms with Gasteiger partial charge in [-0.05, 0) is 67.8 Å². The van der Waals surface area contributed by atoms with Crippen LogP contribution in [-0.4, -0.2) is 98.6 Å². The Morgan fingerprint density at radius 3 is 1.06 bits per heavy atom. The number of phenolic OH excluding ortho intramolecular Hbond substituents is 3. The van der Waals surface area contributed by atoms with Crippen molar-refractivity contribution in [1.29, 1.82) is 0 Å². The van der Waals surface area contributed by atoms with Gasteiger partial charge in [0.25, 0.3) is 28.2 Å². The first-order chi connectivity index (χ1) is 49.7. The van der Waals surface area contributed by atoms with Gasteiger partial charge in [-0.1, -0.05) is 211 Å². The molecule has 596 valence electrons. The van der Waals surface area contributed by atoms with Crippen LogP contribution in [-0.2, 0) is 48.3 Å². The van der Waals surface area contributed by atoms with Gasteiger partial charge in [-0.15, -0.1) is 22.2 Å². The van der Waals surface area contributed by atoms with Crippen molar-refractivity contribution in [2.75, 3.05) is 0 Å². The third kappa shape index (κ3) is 35.9. The van der Waals surface area contributed by atoms with Crippen LogP contribution in [0.2, 0.25) is 77.6 Å². The Labute approximate surface area is 656 Å². The second kappa shape index (κ2) is 48.2. The summed E-state index contributed by atoms with van der Waals surface area (Å²) in [4.78, 5) is 85.6. The molecule has 23 nitrogen and oxygen atoms in total. The van der Waals surface area contributed by atoms with Gasteiger partial charge >= 0.3 is 48.1 Å². The van der Waals surface area contributed by atoms with Gasteiger partial charge in [0.15, 0.2) is 0 Å². The number of H-pyrrole nitrogens is 2. The third-order valence-corrected chi connectivity index (χ3v) is 25.3. The van der Waals surface area contributed by atoms with Crippen LogP contribution in [0.4, 0.5) is 17.1 Å². The van der Waals surface area contributed by atoms with Gasteiger partial charge < -0.3 is 24.8 Å². The minimum atomic E-state index is -1.59. The minimum Gasteiger partial charge on any atom is -0.508 e. The SMILES string of the molecule is C.C.CCC1OC(n2cc([13C]#C[Si](C)(C)C)c(=O)[nH]c2=O)CC1C.CCC1OC(n2cc([13C]#[13C][Si](C)(C)C)c(=O)[nH]c2=O)CC1C.CCCCCCCC[Si](C)(C)C#C[Si](C)(C)CCCCCCCC.CC[C]#[Mo+].O=[N+]([O-])c1ccc(O)c(CN(Cc2cc([N+](=O)[O-])ccc2O)Cc2cc([N+](=O)[O-])ccc2O)c1. The zero-order chi connectivity index (χ0) is 79.7. The number of aromatic amines is 2. The number of benzene rings is 3. The minimum absolute atomic E-state index is 0. The van der Waals surface area contributed by atoms with E-state index in [4.69, 9.17) is 9.47 Å². The van der Waals surface area contributed by atoms with Gasteiger partial charge in [0.05, 0.1) is 27.0 Å². The van der Waals surface area contributed by atoms with E-state index >= 15 is 0 Å². The van der Waals surface area contributed by atoms with Crippen LogP contribution < -0.4 is 22.5 Å². The van der Waals surface area contributed by atoms with Crippen molar-refractivity contribution in [3.63, 3.8) is 0 Å². The Morgan fingerprint density at radius 2 is 0.806 bits per heavy atom. The molecule has 0 radical (unpaired) electrons. The van der Waals surface area contributed by atoms with Crippen molar-refractivity contribution in [2.24, 2.45) is 11.8 Å². The van der Waals surface area contributed by atoms with E-state index < -0.39 is 69.6 Å². The van der Waals surface area contributed by atoms with E-state index in [2.05, 4.69) is 162 Å². The fourth-order valence-electron chi connectivity index (χ4n) is 11.6. The van der Waals surface area contributed by atoms with Crippen LogP contribution in [0.5, 0.6) is 17.2 Å². The normalized spacial score (nSPS) is 16.4. The number of nitrogens with one attached hydrogen (secondary N) is 2. The summed E-state index contributed by atoms with van der Waals surface area (Å²) in [5.41, 5.74) is 12.4. The predicted octanol–water partition coefficient (Wildman–Crippen LogP) is 18.3. The van der Waals surface area contributed by atoms with E-state index in [-0.39, 0.29) is 110 Å². The van der Waals surface area contributed by atoms with Crippen molar-refractivity contribution in [3.05, 3.63) is 167 Å². The molecule has 2 saturated heterocycles. The van der Waals surface area contributed by atoms with E-state index in [0.717, 1.165) is 86.7 Å². The second-order valence-electron chi connectivity index (χ2n) is 30.8. The molecule has 108 heavy (non-hydrogen) atoms. The quantitative estimate of drug-likeness (QED) is 0.00814. The van der Waals surface area contributed by atoms with Crippen molar-refractivity contribution in [3.8, 4) is 55.5 Å². The number of aromatic nitrogens is 4. The Morgan fingerprint density at radius 1 is 0.509 bits per heavy atom. The number of unbranched alkanes of at least 4 members (excludes halogenated alkanes) is 10. The molecule has 0 amide bonds. The number of nitrogens with zero attached hydrogens (tertiary/aromatic N) is 6. The maximum atomic E-state index is 12.1. The molecule has 0 bridgehead atoms. The number of nitro benzene ring substituents is 3. The summed E-state index contributed by atoms with van der Waals surface area (Å²) >= 11 is 1.87. The fourth-order valence-corrected chi connectivity index (χ4v) is 17.9. The van der Waals surface area contributed by atoms with Crippen LogP contribution in [0, 0.1) is 80.4 Å². The molecule has 0 spiro atoms. The van der Waals surface area contributed by atoms with Crippen molar-refractivity contribution >= 4 is 49.4 Å². The van der Waals surface area contributed by atoms with E-state index in [9.17, 15) is 64.8 Å². The van der Waals surface area contributed by atoms with E-state index in [1.807, 2.05) is 19.2 Å². The summed E-state index contributed by atoms with van der Waals surface area (Å²) in [6, 6.07) is 13.0. The molecule has 5 N–H and O–H groups in total. The number of rotatable bonds is 27. The molecule has 4 heterocycles. The molecular weight excluding hydrogens is 1520 g/mol. The van der Waals surface area contributed by atoms with Crippen LogP contribution in [0.1, 0.15) is 213 Å².